The SMILES string of the molecule is Fc1cc(F)cc(Cn2ccc3cccc(Cl)c32)c1. The van der Waals surface area contributed by atoms with Crippen molar-refractivity contribution in [3.63, 3.8) is 0 Å². The third-order valence-corrected chi connectivity index (χ3v) is 3.32. The molecule has 1 heterocycles. The van der Waals surface area contributed by atoms with Gasteiger partial charge in [-0.3, -0.25) is 0 Å². The number of halogens is 3. The molecule has 1 nitrogen and oxygen atoms in total. The van der Waals surface area contributed by atoms with Crippen LogP contribution in [0.5, 0.6) is 0 Å². The van der Waals surface area contributed by atoms with Crippen molar-refractivity contribution in [2.45, 2.75) is 6.54 Å². The highest BCUT2D eigenvalue weighted by atomic mass is 35.5. The van der Waals surface area contributed by atoms with Gasteiger partial charge >= 0.3 is 0 Å². The molecule has 0 bridgehead atoms. The Morgan fingerprint density at radius 1 is 1.00 bits per heavy atom. The largest absolute Gasteiger partial charge is 0.342 e. The molecule has 0 fully saturated rings. The lowest BCUT2D eigenvalue weighted by Gasteiger charge is -2.07. The van der Waals surface area contributed by atoms with E-state index in [-0.39, 0.29) is 0 Å². The van der Waals surface area contributed by atoms with Gasteiger partial charge in [0.1, 0.15) is 11.6 Å². The van der Waals surface area contributed by atoms with Gasteiger partial charge in [-0.2, -0.15) is 0 Å². The topological polar surface area (TPSA) is 4.93 Å². The molecule has 3 rings (SSSR count). The molecule has 0 aliphatic heterocycles. The molecule has 0 spiro atoms. The first kappa shape index (κ1) is 12.2. The zero-order valence-electron chi connectivity index (χ0n) is 9.91. The van der Waals surface area contributed by atoms with Crippen molar-refractivity contribution in [3.8, 4) is 0 Å². The van der Waals surface area contributed by atoms with Crippen molar-refractivity contribution in [2.75, 3.05) is 0 Å². The normalized spacial score (nSPS) is 11.1. The summed E-state index contributed by atoms with van der Waals surface area (Å²) in [7, 11) is 0. The Bertz CT molecular complexity index is 729. The van der Waals surface area contributed by atoms with Crippen LogP contribution in [0.25, 0.3) is 10.9 Å². The quantitative estimate of drug-likeness (QED) is 0.644. The lowest BCUT2D eigenvalue weighted by Crippen LogP contribution is -1.99. The van der Waals surface area contributed by atoms with Gasteiger partial charge in [0.2, 0.25) is 0 Å². The Kier molecular flexibility index (Phi) is 2.99. The fourth-order valence-electron chi connectivity index (χ4n) is 2.25. The molecule has 4 heteroatoms. The molecule has 0 N–H and O–H groups in total. The monoisotopic (exact) mass is 277 g/mol. The highest BCUT2D eigenvalue weighted by Gasteiger charge is 2.07. The Morgan fingerprint density at radius 2 is 1.74 bits per heavy atom. The second kappa shape index (κ2) is 4.67. The predicted octanol–water partition coefficient (Wildman–Crippen LogP) is 4.62. The van der Waals surface area contributed by atoms with Crippen LogP contribution in [-0.2, 0) is 6.54 Å². The molecular weight excluding hydrogens is 268 g/mol. The van der Waals surface area contributed by atoms with Crippen LogP contribution in [0.2, 0.25) is 5.02 Å². The third-order valence-electron chi connectivity index (χ3n) is 3.01. The van der Waals surface area contributed by atoms with Crippen molar-refractivity contribution in [3.05, 3.63) is 70.9 Å². The molecule has 2 aromatic carbocycles. The molecular formula is C15H10ClF2N. The molecule has 0 aliphatic rings. The Morgan fingerprint density at radius 3 is 2.47 bits per heavy atom. The smallest absolute Gasteiger partial charge is 0.126 e. The number of benzene rings is 2. The Balaban J connectivity index is 2.06. The summed E-state index contributed by atoms with van der Waals surface area (Å²) in [6.07, 6.45) is 1.86. The van der Waals surface area contributed by atoms with Gasteiger partial charge in [0, 0.05) is 24.2 Å². The van der Waals surface area contributed by atoms with E-state index in [9.17, 15) is 8.78 Å². The van der Waals surface area contributed by atoms with E-state index in [0.717, 1.165) is 17.0 Å². The van der Waals surface area contributed by atoms with Crippen molar-refractivity contribution in [1.82, 2.24) is 4.57 Å². The summed E-state index contributed by atoms with van der Waals surface area (Å²) in [4.78, 5) is 0. The molecule has 0 saturated heterocycles. The number of nitrogens with zero attached hydrogens (tertiary/aromatic N) is 1. The summed E-state index contributed by atoms with van der Waals surface area (Å²) < 4.78 is 28.2. The van der Waals surface area contributed by atoms with Gasteiger partial charge in [0.15, 0.2) is 0 Å². The van der Waals surface area contributed by atoms with Crippen molar-refractivity contribution in [2.24, 2.45) is 0 Å². The first-order valence-corrected chi connectivity index (χ1v) is 6.19. The molecule has 96 valence electrons. The number of para-hydroxylation sites is 1. The maximum absolute atomic E-state index is 13.2. The summed E-state index contributed by atoms with van der Waals surface area (Å²) in [6.45, 7) is 0.377. The summed E-state index contributed by atoms with van der Waals surface area (Å²) in [5, 5.41) is 1.63. The van der Waals surface area contributed by atoms with E-state index >= 15 is 0 Å². The minimum absolute atomic E-state index is 0.377. The van der Waals surface area contributed by atoms with Gasteiger partial charge in [-0.15, -0.1) is 0 Å². The summed E-state index contributed by atoms with van der Waals surface area (Å²) in [5.74, 6) is -1.14. The van der Waals surface area contributed by atoms with E-state index in [4.69, 9.17) is 11.6 Å². The maximum Gasteiger partial charge on any atom is 0.126 e. The van der Waals surface area contributed by atoms with Crippen LogP contribution in [-0.4, -0.2) is 4.57 Å². The lowest BCUT2D eigenvalue weighted by molar-refractivity contribution is 0.578. The lowest BCUT2D eigenvalue weighted by atomic mass is 10.2. The van der Waals surface area contributed by atoms with Gasteiger partial charge in [-0.25, -0.2) is 8.78 Å². The van der Waals surface area contributed by atoms with Crippen LogP contribution >= 0.6 is 11.6 Å². The number of hydrogen-bond donors (Lipinski definition) is 0. The van der Waals surface area contributed by atoms with E-state index < -0.39 is 11.6 Å². The Hall–Kier alpha value is -1.87. The highest BCUT2D eigenvalue weighted by molar-refractivity contribution is 6.35. The van der Waals surface area contributed by atoms with E-state index in [1.54, 1.807) is 6.07 Å². The van der Waals surface area contributed by atoms with E-state index in [0.29, 0.717) is 17.1 Å². The van der Waals surface area contributed by atoms with E-state index in [2.05, 4.69) is 0 Å². The molecule has 0 atom stereocenters. The van der Waals surface area contributed by atoms with Crippen LogP contribution in [0.3, 0.4) is 0 Å². The molecule has 1 aromatic heterocycles. The van der Waals surface area contributed by atoms with Crippen LogP contribution in [0, 0.1) is 11.6 Å². The van der Waals surface area contributed by atoms with Crippen molar-refractivity contribution < 1.29 is 8.78 Å². The average Bonchev–Trinajstić information content (AvgIpc) is 2.72. The standard InChI is InChI=1S/C15H10ClF2N/c16-14-3-1-2-11-4-5-19(15(11)14)9-10-6-12(17)8-13(18)7-10/h1-8H,9H2. The Labute approximate surface area is 114 Å². The fourth-order valence-corrected chi connectivity index (χ4v) is 2.54. The number of aromatic nitrogens is 1. The second-order valence-corrected chi connectivity index (χ2v) is 4.81. The molecule has 3 aromatic rings. The summed E-state index contributed by atoms with van der Waals surface area (Å²) in [5.41, 5.74) is 1.43. The number of hydrogen-bond acceptors (Lipinski definition) is 0. The van der Waals surface area contributed by atoms with Crippen LogP contribution < -0.4 is 0 Å². The first-order chi connectivity index (χ1) is 9.13. The third kappa shape index (κ3) is 2.34. The molecule has 0 amide bonds. The number of fused-ring (bicyclic) bond motifs is 1. The molecule has 0 radical (unpaired) electrons. The predicted molar refractivity (Wildman–Crippen MR) is 72.4 cm³/mol. The summed E-state index contributed by atoms with van der Waals surface area (Å²) in [6, 6.07) is 11.1. The first-order valence-electron chi connectivity index (χ1n) is 5.82. The minimum atomic E-state index is -0.572. The molecule has 0 saturated carbocycles. The average molecular weight is 278 g/mol. The fraction of sp³-hybridized carbons (Fsp3) is 0.0667. The van der Waals surface area contributed by atoms with E-state index in [1.807, 2.05) is 29.0 Å². The van der Waals surface area contributed by atoms with Crippen LogP contribution in [0.15, 0.2) is 48.7 Å². The van der Waals surface area contributed by atoms with Gasteiger partial charge < -0.3 is 4.57 Å². The molecule has 0 aliphatic carbocycles. The van der Waals surface area contributed by atoms with Gasteiger partial charge in [-0.1, -0.05) is 23.7 Å². The van der Waals surface area contributed by atoms with E-state index in [1.165, 1.54) is 12.1 Å². The molecule has 0 unspecified atom stereocenters. The summed E-state index contributed by atoms with van der Waals surface area (Å²) >= 11 is 6.16. The van der Waals surface area contributed by atoms with Gasteiger partial charge in [0.25, 0.3) is 0 Å². The zero-order chi connectivity index (χ0) is 13.4. The number of rotatable bonds is 2. The highest BCUT2D eigenvalue weighted by Crippen LogP contribution is 2.25. The molecule has 19 heavy (non-hydrogen) atoms. The maximum atomic E-state index is 13.2. The second-order valence-electron chi connectivity index (χ2n) is 4.40. The van der Waals surface area contributed by atoms with Crippen LogP contribution in [0.1, 0.15) is 5.56 Å². The van der Waals surface area contributed by atoms with Gasteiger partial charge in [-0.05, 0) is 29.8 Å². The van der Waals surface area contributed by atoms with Gasteiger partial charge in [0.05, 0.1) is 10.5 Å². The van der Waals surface area contributed by atoms with Crippen LogP contribution in [0.4, 0.5) is 8.78 Å². The minimum Gasteiger partial charge on any atom is -0.342 e. The van der Waals surface area contributed by atoms with Crippen molar-refractivity contribution in [1.29, 1.82) is 0 Å². The zero-order valence-corrected chi connectivity index (χ0v) is 10.7. The van der Waals surface area contributed by atoms with Crippen molar-refractivity contribution >= 4 is 22.5 Å².